The molecule has 1 N–H and O–H groups in total. The molecule has 18 heavy (non-hydrogen) atoms. The molecule has 102 valence electrons. The summed E-state index contributed by atoms with van der Waals surface area (Å²) in [7, 11) is 0. The molecule has 0 radical (unpaired) electrons. The highest BCUT2D eigenvalue weighted by Gasteiger charge is 2.11. The zero-order valence-corrected chi connectivity index (χ0v) is 14.0. The van der Waals surface area contributed by atoms with Crippen LogP contribution in [0, 0.1) is 5.92 Å². The standard InChI is InChI=1S/C15H24BrNS/c1-4-9-17-13(10-12(2)3)11-18-15-8-6-5-7-14(15)16/h5-8,12-13,17H,4,9-11H2,1-3H3. The van der Waals surface area contributed by atoms with Crippen LogP contribution in [-0.2, 0) is 0 Å². The minimum absolute atomic E-state index is 0.613. The summed E-state index contributed by atoms with van der Waals surface area (Å²) in [5.41, 5.74) is 0. The van der Waals surface area contributed by atoms with Crippen molar-refractivity contribution in [3.8, 4) is 0 Å². The summed E-state index contributed by atoms with van der Waals surface area (Å²) >= 11 is 5.55. The Hall–Kier alpha value is 0.01000. The number of thioether (sulfide) groups is 1. The van der Waals surface area contributed by atoms with E-state index < -0.39 is 0 Å². The van der Waals surface area contributed by atoms with Crippen LogP contribution in [0.25, 0.3) is 0 Å². The molecule has 0 aliphatic rings. The third kappa shape index (κ3) is 6.26. The monoisotopic (exact) mass is 329 g/mol. The molecule has 0 heterocycles. The van der Waals surface area contributed by atoms with Crippen LogP contribution in [0.4, 0.5) is 0 Å². The Bertz CT molecular complexity index is 341. The summed E-state index contributed by atoms with van der Waals surface area (Å²) in [6, 6.07) is 9.07. The minimum atomic E-state index is 0.613. The van der Waals surface area contributed by atoms with Gasteiger partial charge in [0.2, 0.25) is 0 Å². The van der Waals surface area contributed by atoms with Crippen molar-refractivity contribution in [3.63, 3.8) is 0 Å². The summed E-state index contributed by atoms with van der Waals surface area (Å²) in [4.78, 5) is 1.34. The first-order chi connectivity index (χ1) is 8.63. The highest BCUT2D eigenvalue weighted by atomic mass is 79.9. The Morgan fingerprint density at radius 1 is 1.28 bits per heavy atom. The number of benzene rings is 1. The molecule has 0 fully saturated rings. The van der Waals surface area contributed by atoms with Crippen molar-refractivity contribution in [2.75, 3.05) is 12.3 Å². The lowest BCUT2D eigenvalue weighted by atomic mass is 10.1. The number of hydrogen-bond donors (Lipinski definition) is 1. The second kappa shape index (κ2) is 9.00. The minimum Gasteiger partial charge on any atom is -0.313 e. The fraction of sp³-hybridized carbons (Fsp3) is 0.600. The molecular weight excluding hydrogens is 306 g/mol. The summed E-state index contributed by atoms with van der Waals surface area (Å²) < 4.78 is 1.20. The van der Waals surface area contributed by atoms with E-state index in [2.05, 4.69) is 66.3 Å². The number of rotatable bonds is 8. The molecule has 1 aromatic rings. The third-order valence-corrected chi connectivity index (χ3v) is 4.91. The fourth-order valence-electron chi connectivity index (χ4n) is 1.88. The van der Waals surface area contributed by atoms with Crippen LogP contribution in [0.2, 0.25) is 0 Å². The Morgan fingerprint density at radius 2 is 2.00 bits per heavy atom. The zero-order chi connectivity index (χ0) is 13.4. The van der Waals surface area contributed by atoms with Gasteiger partial charge in [-0.15, -0.1) is 11.8 Å². The first-order valence-electron chi connectivity index (χ1n) is 6.74. The maximum Gasteiger partial charge on any atom is 0.0311 e. The molecule has 0 aliphatic carbocycles. The van der Waals surface area contributed by atoms with E-state index in [9.17, 15) is 0 Å². The van der Waals surface area contributed by atoms with E-state index in [1.54, 1.807) is 0 Å². The Balaban J connectivity index is 2.47. The topological polar surface area (TPSA) is 12.0 Å². The van der Waals surface area contributed by atoms with Crippen molar-refractivity contribution in [2.45, 2.75) is 44.6 Å². The molecule has 1 atom stereocenters. The molecule has 1 rings (SSSR count). The predicted octanol–water partition coefficient (Wildman–Crippen LogP) is 4.96. The van der Waals surface area contributed by atoms with E-state index in [0.717, 1.165) is 18.2 Å². The van der Waals surface area contributed by atoms with Crippen molar-refractivity contribution in [1.82, 2.24) is 5.32 Å². The van der Waals surface area contributed by atoms with Crippen LogP contribution >= 0.6 is 27.7 Å². The quantitative estimate of drug-likeness (QED) is 0.677. The van der Waals surface area contributed by atoms with Gasteiger partial charge in [-0.25, -0.2) is 0 Å². The molecule has 0 saturated carbocycles. The normalized spacial score (nSPS) is 12.9. The summed E-state index contributed by atoms with van der Waals surface area (Å²) in [5, 5.41) is 3.65. The molecule has 0 saturated heterocycles. The number of nitrogens with one attached hydrogen (secondary N) is 1. The van der Waals surface area contributed by atoms with E-state index in [-0.39, 0.29) is 0 Å². The van der Waals surface area contributed by atoms with Gasteiger partial charge in [0.25, 0.3) is 0 Å². The maximum absolute atomic E-state index is 3.65. The van der Waals surface area contributed by atoms with Gasteiger partial charge in [0.15, 0.2) is 0 Å². The first kappa shape index (κ1) is 16.1. The SMILES string of the molecule is CCCNC(CSc1ccccc1Br)CC(C)C. The molecule has 0 spiro atoms. The smallest absolute Gasteiger partial charge is 0.0311 e. The largest absolute Gasteiger partial charge is 0.313 e. The van der Waals surface area contributed by atoms with Crippen LogP contribution in [0.3, 0.4) is 0 Å². The van der Waals surface area contributed by atoms with Gasteiger partial charge in [-0.3, -0.25) is 0 Å². The van der Waals surface area contributed by atoms with E-state index in [1.165, 1.54) is 22.2 Å². The average Bonchev–Trinajstić information content (AvgIpc) is 2.34. The van der Waals surface area contributed by atoms with Crippen LogP contribution in [0.1, 0.15) is 33.6 Å². The average molecular weight is 330 g/mol. The molecule has 1 nitrogen and oxygen atoms in total. The number of halogens is 1. The third-order valence-electron chi connectivity index (χ3n) is 2.72. The lowest BCUT2D eigenvalue weighted by Crippen LogP contribution is -2.33. The van der Waals surface area contributed by atoms with Gasteiger partial charge in [-0.1, -0.05) is 32.9 Å². The van der Waals surface area contributed by atoms with Gasteiger partial charge in [-0.2, -0.15) is 0 Å². The highest BCUT2D eigenvalue weighted by molar-refractivity contribution is 9.10. The van der Waals surface area contributed by atoms with Crippen molar-refractivity contribution in [3.05, 3.63) is 28.7 Å². The Kier molecular flexibility index (Phi) is 8.03. The van der Waals surface area contributed by atoms with Crippen LogP contribution in [0.15, 0.2) is 33.6 Å². The fourth-order valence-corrected chi connectivity index (χ4v) is 3.52. The van der Waals surface area contributed by atoms with Crippen LogP contribution < -0.4 is 5.32 Å². The molecule has 1 unspecified atom stereocenters. The van der Waals surface area contributed by atoms with Gasteiger partial charge in [0, 0.05) is 21.2 Å². The van der Waals surface area contributed by atoms with E-state index in [1.807, 2.05) is 11.8 Å². The second-order valence-electron chi connectivity index (χ2n) is 5.02. The maximum atomic E-state index is 3.65. The first-order valence-corrected chi connectivity index (χ1v) is 8.52. The molecule has 0 aromatic heterocycles. The van der Waals surface area contributed by atoms with Gasteiger partial charge >= 0.3 is 0 Å². The Morgan fingerprint density at radius 3 is 2.61 bits per heavy atom. The number of hydrogen-bond acceptors (Lipinski definition) is 2. The molecule has 0 aliphatic heterocycles. The molecule has 0 bridgehead atoms. The van der Waals surface area contributed by atoms with Crippen LogP contribution in [-0.4, -0.2) is 18.3 Å². The predicted molar refractivity (Wildman–Crippen MR) is 86.4 cm³/mol. The van der Waals surface area contributed by atoms with Gasteiger partial charge < -0.3 is 5.32 Å². The lowest BCUT2D eigenvalue weighted by Gasteiger charge is -2.20. The van der Waals surface area contributed by atoms with Gasteiger partial charge in [-0.05, 0) is 53.4 Å². The van der Waals surface area contributed by atoms with Crippen molar-refractivity contribution in [1.29, 1.82) is 0 Å². The molecular formula is C15H24BrNS. The van der Waals surface area contributed by atoms with Gasteiger partial charge in [0.1, 0.15) is 0 Å². The van der Waals surface area contributed by atoms with Crippen molar-refractivity contribution < 1.29 is 0 Å². The van der Waals surface area contributed by atoms with Crippen molar-refractivity contribution in [2.24, 2.45) is 5.92 Å². The summed E-state index contributed by atoms with van der Waals surface area (Å²) in [5.74, 6) is 1.89. The molecule has 3 heteroatoms. The van der Waals surface area contributed by atoms with Crippen molar-refractivity contribution >= 4 is 27.7 Å². The van der Waals surface area contributed by atoms with Crippen LogP contribution in [0.5, 0.6) is 0 Å². The zero-order valence-electron chi connectivity index (χ0n) is 11.6. The molecule has 0 amide bonds. The van der Waals surface area contributed by atoms with E-state index in [4.69, 9.17) is 0 Å². The lowest BCUT2D eigenvalue weighted by molar-refractivity contribution is 0.448. The van der Waals surface area contributed by atoms with E-state index in [0.29, 0.717) is 6.04 Å². The Labute approximate surface area is 124 Å². The summed E-state index contributed by atoms with van der Waals surface area (Å²) in [6.07, 6.45) is 2.45. The summed E-state index contributed by atoms with van der Waals surface area (Å²) in [6.45, 7) is 7.93. The van der Waals surface area contributed by atoms with Gasteiger partial charge in [0.05, 0.1) is 0 Å². The van der Waals surface area contributed by atoms with E-state index >= 15 is 0 Å². The molecule has 1 aromatic carbocycles. The second-order valence-corrected chi connectivity index (χ2v) is 6.94. The highest BCUT2D eigenvalue weighted by Crippen LogP contribution is 2.28.